The first kappa shape index (κ1) is 9.97. The van der Waals surface area contributed by atoms with Crippen LogP contribution in [0.4, 0.5) is 0 Å². The lowest BCUT2D eigenvalue weighted by Gasteiger charge is -1.93. The number of hydrogen-bond acceptors (Lipinski definition) is 2. The van der Waals surface area contributed by atoms with Crippen LogP contribution >= 0.6 is 0 Å². The monoisotopic (exact) mass is 155 g/mol. The molecule has 0 spiro atoms. The van der Waals surface area contributed by atoms with E-state index >= 15 is 0 Å². The summed E-state index contributed by atoms with van der Waals surface area (Å²) in [5.74, 6) is 1.26. The van der Waals surface area contributed by atoms with Gasteiger partial charge in [0.05, 0.1) is 0 Å². The first-order valence-electron chi connectivity index (χ1n) is 3.22. The summed E-state index contributed by atoms with van der Waals surface area (Å²) in [6.07, 6.45) is 0. The summed E-state index contributed by atoms with van der Waals surface area (Å²) >= 11 is 0. The first-order valence-corrected chi connectivity index (χ1v) is 3.22. The van der Waals surface area contributed by atoms with E-state index in [1.54, 1.807) is 21.0 Å². The minimum absolute atomic E-state index is 0.333. The van der Waals surface area contributed by atoms with Crippen LogP contribution in [0.5, 0.6) is 0 Å². The SMILES string of the molecule is C=NC(C)=NC(C)=NCOC. The second-order valence-corrected chi connectivity index (χ2v) is 1.94. The highest BCUT2D eigenvalue weighted by atomic mass is 16.5. The lowest BCUT2D eigenvalue weighted by Crippen LogP contribution is -1.95. The van der Waals surface area contributed by atoms with E-state index in [2.05, 4.69) is 21.7 Å². The number of aliphatic imine (C=N–C) groups is 3. The van der Waals surface area contributed by atoms with Crippen LogP contribution in [0.25, 0.3) is 0 Å². The zero-order valence-electron chi connectivity index (χ0n) is 7.16. The third-order valence-corrected chi connectivity index (χ3v) is 0.975. The number of hydrogen-bond donors (Lipinski definition) is 0. The molecule has 0 saturated heterocycles. The van der Waals surface area contributed by atoms with E-state index < -0.39 is 0 Å². The Morgan fingerprint density at radius 2 is 2.00 bits per heavy atom. The molecule has 0 aliphatic rings. The highest BCUT2D eigenvalue weighted by Crippen LogP contribution is 1.84. The fraction of sp³-hybridized carbons (Fsp3) is 0.571. The van der Waals surface area contributed by atoms with Crippen LogP contribution in [0.15, 0.2) is 15.0 Å². The largest absolute Gasteiger partial charge is 0.362 e. The second kappa shape index (κ2) is 5.73. The molecule has 0 bridgehead atoms. The quantitative estimate of drug-likeness (QED) is 0.435. The van der Waals surface area contributed by atoms with Gasteiger partial charge in [-0.25, -0.2) is 15.0 Å². The van der Waals surface area contributed by atoms with Crippen LogP contribution < -0.4 is 0 Å². The molecule has 0 rings (SSSR count). The summed E-state index contributed by atoms with van der Waals surface area (Å²) in [7, 11) is 1.58. The van der Waals surface area contributed by atoms with E-state index in [1.807, 2.05) is 0 Å². The lowest BCUT2D eigenvalue weighted by atomic mass is 10.6. The lowest BCUT2D eigenvalue weighted by molar-refractivity contribution is 0.209. The molecular formula is C7H13N3O. The Morgan fingerprint density at radius 1 is 1.36 bits per heavy atom. The molecule has 0 heterocycles. The zero-order chi connectivity index (χ0) is 8.69. The van der Waals surface area contributed by atoms with Crippen molar-refractivity contribution in [3.05, 3.63) is 0 Å². The van der Waals surface area contributed by atoms with Crippen LogP contribution in [0.1, 0.15) is 13.8 Å². The van der Waals surface area contributed by atoms with Gasteiger partial charge < -0.3 is 4.74 Å². The molecule has 0 atom stereocenters. The predicted molar refractivity (Wildman–Crippen MR) is 47.6 cm³/mol. The van der Waals surface area contributed by atoms with E-state index in [0.29, 0.717) is 18.4 Å². The summed E-state index contributed by atoms with van der Waals surface area (Å²) in [5.41, 5.74) is 0. The van der Waals surface area contributed by atoms with Gasteiger partial charge in [-0.3, -0.25) is 0 Å². The van der Waals surface area contributed by atoms with Crippen molar-refractivity contribution >= 4 is 18.4 Å². The Balaban J connectivity index is 4.03. The van der Waals surface area contributed by atoms with E-state index in [9.17, 15) is 0 Å². The maximum atomic E-state index is 4.72. The molecule has 0 fully saturated rings. The average molecular weight is 155 g/mol. The van der Waals surface area contributed by atoms with Crippen molar-refractivity contribution in [1.29, 1.82) is 0 Å². The summed E-state index contributed by atoms with van der Waals surface area (Å²) in [4.78, 5) is 11.6. The minimum Gasteiger partial charge on any atom is -0.362 e. The minimum atomic E-state index is 0.333. The van der Waals surface area contributed by atoms with Crippen molar-refractivity contribution in [1.82, 2.24) is 0 Å². The van der Waals surface area contributed by atoms with Gasteiger partial charge >= 0.3 is 0 Å². The Kier molecular flexibility index (Phi) is 5.20. The highest BCUT2D eigenvalue weighted by Gasteiger charge is 1.86. The van der Waals surface area contributed by atoms with Gasteiger partial charge in [0.15, 0.2) is 0 Å². The Morgan fingerprint density at radius 3 is 2.45 bits per heavy atom. The van der Waals surface area contributed by atoms with Crippen molar-refractivity contribution in [3.8, 4) is 0 Å². The summed E-state index contributed by atoms with van der Waals surface area (Å²) in [6.45, 7) is 7.21. The number of methoxy groups -OCH3 is 1. The number of nitrogens with zero attached hydrogens (tertiary/aromatic N) is 3. The number of amidine groups is 2. The van der Waals surface area contributed by atoms with Gasteiger partial charge in [0.1, 0.15) is 18.4 Å². The Bertz CT molecular complexity index is 184. The zero-order valence-corrected chi connectivity index (χ0v) is 7.16. The molecule has 0 aromatic heterocycles. The summed E-state index contributed by atoms with van der Waals surface area (Å²) in [6, 6.07) is 0. The molecule has 4 nitrogen and oxygen atoms in total. The van der Waals surface area contributed by atoms with Crippen molar-refractivity contribution < 1.29 is 4.74 Å². The van der Waals surface area contributed by atoms with Crippen molar-refractivity contribution in [2.75, 3.05) is 13.8 Å². The summed E-state index contributed by atoms with van der Waals surface area (Å²) < 4.78 is 4.72. The molecule has 0 aromatic carbocycles. The Hall–Kier alpha value is -1.03. The van der Waals surface area contributed by atoms with E-state index in [0.717, 1.165) is 0 Å². The fourth-order valence-electron chi connectivity index (χ4n) is 0.463. The maximum Gasteiger partial charge on any atom is 0.139 e. The predicted octanol–water partition coefficient (Wildman–Crippen LogP) is 1.13. The molecule has 0 unspecified atom stereocenters. The van der Waals surface area contributed by atoms with Gasteiger partial charge in [0.25, 0.3) is 0 Å². The molecule has 62 valence electrons. The second-order valence-electron chi connectivity index (χ2n) is 1.94. The molecule has 0 aliphatic heterocycles. The topological polar surface area (TPSA) is 46.3 Å². The fourth-order valence-corrected chi connectivity index (χ4v) is 0.463. The molecule has 0 amide bonds. The van der Waals surface area contributed by atoms with E-state index in [-0.39, 0.29) is 0 Å². The molecule has 0 aliphatic carbocycles. The number of ether oxygens (including phenoxy) is 1. The normalized spacial score (nSPS) is 13.4. The molecule has 0 saturated carbocycles. The molecule has 0 N–H and O–H groups in total. The van der Waals surface area contributed by atoms with Crippen molar-refractivity contribution in [2.24, 2.45) is 15.0 Å². The molecule has 11 heavy (non-hydrogen) atoms. The van der Waals surface area contributed by atoms with Crippen molar-refractivity contribution in [2.45, 2.75) is 13.8 Å². The van der Waals surface area contributed by atoms with Gasteiger partial charge in [-0.05, 0) is 20.6 Å². The van der Waals surface area contributed by atoms with Gasteiger partial charge in [-0.2, -0.15) is 0 Å². The van der Waals surface area contributed by atoms with Gasteiger partial charge in [-0.15, -0.1) is 0 Å². The van der Waals surface area contributed by atoms with E-state index in [4.69, 9.17) is 4.74 Å². The van der Waals surface area contributed by atoms with Crippen LogP contribution in [0.2, 0.25) is 0 Å². The van der Waals surface area contributed by atoms with Gasteiger partial charge in [0, 0.05) is 7.11 Å². The molecule has 0 aromatic rings. The van der Waals surface area contributed by atoms with Gasteiger partial charge in [-0.1, -0.05) is 0 Å². The highest BCUT2D eigenvalue weighted by molar-refractivity contribution is 5.96. The number of rotatable bonds is 2. The van der Waals surface area contributed by atoms with E-state index in [1.165, 1.54) is 0 Å². The Labute approximate surface area is 66.7 Å². The smallest absolute Gasteiger partial charge is 0.139 e. The van der Waals surface area contributed by atoms with Gasteiger partial charge in [0.2, 0.25) is 0 Å². The van der Waals surface area contributed by atoms with Crippen LogP contribution in [0, 0.1) is 0 Å². The maximum absolute atomic E-state index is 4.72. The molecular weight excluding hydrogens is 142 g/mol. The third kappa shape index (κ3) is 5.42. The first-order chi connectivity index (χ1) is 5.20. The molecule has 0 radical (unpaired) electrons. The standard InChI is InChI=1S/C7H13N3O/c1-6(8-3)10-7(2)9-5-11-4/h3,5H2,1-2,4H3. The summed E-state index contributed by atoms with van der Waals surface area (Å²) in [5, 5.41) is 0. The molecule has 4 heteroatoms. The van der Waals surface area contributed by atoms with Crippen LogP contribution in [-0.2, 0) is 4.74 Å². The van der Waals surface area contributed by atoms with Crippen LogP contribution in [0.3, 0.4) is 0 Å². The average Bonchev–Trinajstić information content (AvgIpc) is 2.00. The third-order valence-electron chi connectivity index (χ3n) is 0.975. The van der Waals surface area contributed by atoms with Crippen LogP contribution in [-0.4, -0.2) is 32.2 Å². The van der Waals surface area contributed by atoms with Crippen molar-refractivity contribution in [3.63, 3.8) is 0 Å².